The van der Waals surface area contributed by atoms with E-state index in [1.807, 2.05) is 42.5 Å². The van der Waals surface area contributed by atoms with Crippen molar-refractivity contribution in [1.82, 2.24) is 14.5 Å². The summed E-state index contributed by atoms with van der Waals surface area (Å²) >= 11 is 0. The van der Waals surface area contributed by atoms with E-state index in [1.54, 1.807) is 0 Å². The smallest absolute Gasteiger partial charge is 0.330 e. The molecule has 3 rings (SSSR count). The molecule has 0 spiro atoms. The third-order valence-electron chi connectivity index (χ3n) is 4.41. The topological polar surface area (TPSA) is 99.1 Å². The van der Waals surface area contributed by atoms with E-state index < -0.39 is 23.2 Å². The molecule has 0 saturated heterocycles. The molecule has 1 aromatic heterocycles. The first-order valence-electron chi connectivity index (χ1n) is 8.18. The zero-order valence-electron chi connectivity index (χ0n) is 14.6. The highest BCUT2D eigenvalue weighted by Crippen LogP contribution is 2.20. The Labute approximate surface area is 149 Å². The van der Waals surface area contributed by atoms with Crippen LogP contribution in [0.5, 0.6) is 0 Å². The lowest BCUT2D eigenvalue weighted by Crippen LogP contribution is -2.43. The van der Waals surface area contributed by atoms with Gasteiger partial charge in [-0.2, -0.15) is 0 Å². The monoisotopic (exact) mass is 352 g/mol. The Kier molecular flexibility index (Phi) is 4.73. The lowest BCUT2D eigenvalue weighted by atomic mass is 10.0. The van der Waals surface area contributed by atoms with Crippen LogP contribution in [0, 0.1) is 0 Å². The van der Waals surface area contributed by atoms with Crippen molar-refractivity contribution >= 4 is 16.7 Å². The third kappa shape index (κ3) is 3.16. The zero-order chi connectivity index (χ0) is 18.8. The Bertz CT molecular complexity index is 1100. The van der Waals surface area contributed by atoms with E-state index in [4.69, 9.17) is 5.73 Å². The van der Waals surface area contributed by atoms with E-state index in [9.17, 15) is 14.4 Å². The minimum atomic E-state index is -0.639. The number of nitrogens with zero attached hydrogens (tertiary/aromatic N) is 2. The van der Waals surface area contributed by atoms with Gasteiger partial charge in [-0.1, -0.05) is 36.4 Å². The average Bonchev–Trinajstić information content (AvgIpc) is 2.66. The molecule has 3 N–H and O–H groups in total. The zero-order valence-corrected chi connectivity index (χ0v) is 14.6. The van der Waals surface area contributed by atoms with Crippen molar-refractivity contribution in [1.29, 1.82) is 0 Å². The van der Waals surface area contributed by atoms with Gasteiger partial charge in [0.15, 0.2) is 0 Å². The Balaban J connectivity index is 1.94. The summed E-state index contributed by atoms with van der Waals surface area (Å²) in [6.07, 6.45) is 1.24. The minimum absolute atomic E-state index is 0.103. The molecule has 7 heteroatoms. The molecule has 0 aliphatic heterocycles. The van der Waals surface area contributed by atoms with Gasteiger partial charge in [0.05, 0.1) is 6.04 Å². The van der Waals surface area contributed by atoms with Gasteiger partial charge in [-0.3, -0.25) is 14.2 Å². The lowest BCUT2D eigenvalue weighted by Gasteiger charge is -2.18. The van der Waals surface area contributed by atoms with Crippen LogP contribution in [0.25, 0.3) is 10.8 Å². The van der Waals surface area contributed by atoms with Crippen LogP contribution in [0.4, 0.5) is 0 Å². The second-order valence-corrected chi connectivity index (χ2v) is 6.17. The Morgan fingerprint density at radius 3 is 2.50 bits per heavy atom. The molecule has 1 unspecified atom stereocenters. The van der Waals surface area contributed by atoms with Gasteiger partial charge >= 0.3 is 5.69 Å². The van der Waals surface area contributed by atoms with Crippen molar-refractivity contribution in [3.8, 4) is 0 Å². The number of amides is 1. The predicted octanol–water partition coefficient (Wildman–Crippen LogP) is 0.667. The lowest BCUT2D eigenvalue weighted by molar-refractivity contribution is 0.0934. The summed E-state index contributed by atoms with van der Waals surface area (Å²) in [5.41, 5.74) is 5.46. The summed E-state index contributed by atoms with van der Waals surface area (Å²) < 4.78 is 2.10. The third-order valence-corrected chi connectivity index (χ3v) is 4.41. The quantitative estimate of drug-likeness (QED) is 0.721. The number of carbonyl (C=O) groups is 1. The Morgan fingerprint density at radius 2 is 1.81 bits per heavy atom. The van der Waals surface area contributed by atoms with Gasteiger partial charge in [0, 0.05) is 26.8 Å². The number of benzene rings is 2. The van der Waals surface area contributed by atoms with E-state index >= 15 is 0 Å². The largest absolute Gasteiger partial charge is 0.344 e. The maximum absolute atomic E-state index is 12.6. The Morgan fingerprint density at radius 1 is 1.12 bits per heavy atom. The molecule has 0 aliphatic carbocycles. The van der Waals surface area contributed by atoms with Crippen LogP contribution >= 0.6 is 0 Å². The second-order valence-electron chi connectivity index (χ2n) is 6.17. The number of nitrogens with two attached hydrogens (primary N) is 1. The standard InChI is InChI=1S/C19H20N4O3/c1-22-11-15(18(25)23(2)19(22)26)17(24)21-16(10-20)14-8-7-12-5-3-4-6-13(12)9-14/h3-9,11,16H,10,20H2,1-2H3,(H,21,24). The van der Waals surface area contributed by atoms with Crippen LogP contribution in [-0.2, 0) is 14.1 Å². The summed E-state index contributed by atoms with van der Waals surface area (Å²) in [5.74, 6) is -0.565. The summed E-state index contributed by atoms with van der Waals surface area (Å²) in [6.45, 7) is 0.177. The molecular weight excluding hydrogens is 332 g/mol. The number of nitrogens with one attached hydrogen (secondary N) is 1. The summed E-state index contributed by atoms with van der Waals surface area (Å²) in [4.78, 5) is 36.6. The Hall–Kier alpha value is -3.19. The van der Waals surface area contributed by atoms with Gasteiger partial charge in [-0.05, 0) is 22.4 Å². The first kappa shape index (κ1) is 17.6. The van der Waals surface area contributed by atoms with Crippen molar-refractivity contribution in [2.45, 2.75) is 6.04 Å². The van der Waals surface area contributed by atoms with Crippen LogP contribution in [0.2, 0.25) is 0 Å². The van der Waals surface area contributed by atoms with Crippen molar-refractivity contribution in [2.24, 2.45) is 19.8 Å². The number of hydrogen-bond donors (Lipinski definition) is 2. The van der Waals surface area contributed by atoms with E-state index in [-0.39, 0.29) is 12.1 Å². The molecule has 26 heavy (non-hydrogen) atoms. The molecule has 3 aromatic rings. The highest BCUT2D eigenvalue weighted by atomic mass is 16.2. The van der Waals surface area contributed by atoms with Gasteiger partial charge in [-0.15, -0.1) is 0 Å². The van der Waals surface area contributed by atoms with E-state index in [0.29, 0.717) is 0 Å². The molecule has 0 saturated carbocycles. The van der Waals surface area contributed by atoms with Gasteiger partial charge in [-0.25, -0.2) is 4.79 Å². The van der Waals surface area contributed by atoms with Gasteiger partial charge in [0.2, 0.25) is 0 Å². The van der Waals surface area contributed by atoms with E-state index in [2.05, 4.69) is 5.32 Å². The maximum Gasteiger partial charge on any atom is 0.330 e. The molecule has 0 bridgehead atoms. The van der Waals surface area contributed by atoms with Crippen LogP contribution in [0.3, 0.4) is 0 Å². The molecule has 1 atom stereocenters. The highest BCUT2D eigenvalue weighted by molar-refractivity contribution is 5.94. The van der Waals surface area contributed by atoms with Crippen LogP contribution in [-0.4, -0.2) is 21.6 Å². The number of carbonyl (C=O) groups excluding carboxylic acids is 1. The van der Waals surface area contributed by atoms with Crippen LogP contribution in [0.15, 0.2) is 58.3 Å². The molecule has 7 nitrogen and oxygen atoms in total. The number of fused-ring (bicyclic) bond motifs is 1. The van der Waals surface area contributed by atoms with Crippen LogP contribution < -0.4 is 22.3 Å². The molecule has 2 aromatic carbocycles. The number of hydrogen-bond acceptors (Lipinski definition) is 4. The van der Waals surface area contributed by atoms with Crippen molar-refractivity contribution in [3.63, 3.8) is 0 Å². The van der Waals surface area contributed by atoms with Gasteiger partial charge < -0.3 is 15.6 Å². The average molecular weight is 352 g/mol. The normalized spacial score (nSPS) is 12.1. The molecule has 134 valence electrons. The second kappa shape index (κ2) is 6.97. The predicted molar refractivity (Wildman–Crippen MR) is 100 cm³/mol. The summed E-state index contributed by atoms with van der Waals surface area (Å²) in [5, 5.41) is 4.91. The van der Waals surface area contributed by atoms with Gasteiger partial charge in [0.25, 0.3) is 11.5 Å². The molecular formula is C19H20N4O3. The molecule has 0 radical (unpaired) electrons. The fourth-order valence-corrected chi connectivity index (χ4v) is 2.90. The SMILES string of the molecule is Cn1cc(C(=O)NC(CN)c2ccc3ccccc3c2)c(=O)n(C)c1=O. The maximum atomic E-state index is 12.6. The molecule has 1 heterocycles. The first-order chi connectivity index (χ1) is 12.4. The fourth-order valence-electron chi connectivity index (χ4n) is 2.90. The molecule has 0 aliphatic rings. The highest BCUT2D eigenvalue weighted by Gasteiger charge is 2.19. The fraction of sp³-hybridized carbons (Fsp3) is 0.211. The van der Waals surface area contributed by atoms with Crippen molar-refractivity contribution in [2.75, 3.05) is 6.54 Å². The van der Waals surface area contributed by atoms with Gasteiger partial charge in [0.1, 0.15) is 5.56 Å². The molecule has 1 amide bonds. The summed E-state index contributed by atoms with van der Waals surface area (Å²) in [7, 11) is 2.83. The first-order valence-corrected chi connectivity index (χ1v) is 8.18. The van der Waals surface area contributed by atoms with Crippen molar-refractivity contribution in [3.05, 3.63) is 80.6 Å². The number of aromatic nitrogens is 2. The molecule has 0 fully saturated rings. The minimum Gasteiger partial charge on any atom is -0.344 e. The van der Waals surface area contributed by atoms with Crippen molar-refractivity contribution < 1.29 is 4.79 Å². The number of rotatable bonds is 4. The van der Waals surface area contributed by atoms with E-state index in [1.165, 1.54) is 24.9 Å². The van der Waals surface area contributed by atoms with E-state index in [0.717, 1.165) is 20.9 Å². The summed E-state index contributed by atoms with van der Waals surface area (Å²) in [6, 6.07) is 13.3. The number of aryl methyl sites for hydroxylation is 1. The van der Waals surface area contributed by atoms with Crippen LogP contribution in [0.1, 0.15) is 22.0 Å².